The predicted molar refractivity (Wildman–Crippen MR) is 147 cm³/mol. The van der Waals surface area contributed by atoms with Gasteiger partial charge in [0.05, 0.1) is 24.2 Å². The van der Waals surface area contributed by atoms with Crippen molar-refractivity contribution in [2.24, 2.45) is 5.73 Å². The van der Waals surface area contributed by atoms with E-state index in [2.05, 4.69) is 9.62 Å². The number of likely N-dealkylation sites (tertiary alicyclic amines) is 1. The summed E-state index contributed by atoms with van der Waals surface area (Å²) < 4.78 is 40.6. The second kappa shape index (κ2) is 12.1. The number of sulfonamides is 1. The number of aryl methyl sites for hydroxylation is 1. The van der Waals surface area contributed by atoms with Gasteiger partial charge in [-0.25, -0.2) is 8.42 Å². The summed E-state index contributed by atoms with van der Waals surface area (Å²) in [6.45, 7) is 3.85. The smallest absolute Gasteiger partial charge is 0.241 e. The van der Waals surface area contributed by atoms with Crippen LogP contribution < -0.4 is 15.2 Å². The van der Waals surface area contributed by atoms with Crippen molar-refractivity contribution < 1.29 is 22.7 Å². The van der Waals surface area contributed by atoms with Gasteiger partial charge in [0.25, 0.3) is 0 Å². The fourth-order valence-corrected chi connectivity index (χ4v) is 6.85. The minimum Gasteiger partial charge on any atom is -0.484 e. The summed E-state index contributed by atoms with van der Waals surface area (Å²) in [7, 11) is 0.0391. The summed E-state index contributed by atoms with van der Waals surface area (Å²) in [5.41, 5.74) is 7.99. The van der Waals surface area contributed by atoms with E-state index in [0.29, 0.717) is 67.0 Å². The number of nitrogens with zero attached hydrogens (tertiary/aromatic N) is 2. The highest BCUT2D eigenvalue weighted by molar-refractivity contribution is 7.89. The Kier molecular flexibility index (Phi) is 9.24. The molecule has 1 aliphatic carbocycles. The number of hydrogen-bond donors (Lipinski definition) is 2. The van der Waals surface area contributed by atoms with Gasteiger partial charge in [0, 0.05) is 35.2 Å². The number of carbonyl (C=O) groups excluding carboxylic acids is 1. The number of fused-ring (bicyclic) bond motifs is 1. The predicted octanol–water partition coefficient (Wildman–Crippen LogP) is 2.76. The topological polar surface area (TPSA) is 114 Å². The molecule has 1 heterocycles. The molecule has 12 heteroatoms. The molecule has 1 fully saturated rings. The fraction of sp³-hybridized carbons (Fsp3) is 0.500. The van der Waals surface area contributed by atoms with E-state index in [1.165, 1.54) is 6.07 Å². The van der Waals surface area contributed by atoms with Gasteiger partial charge in [0.15, 0.2) is 0 Å². The lowest BCUT2D eigenvalue weighted by atomic mass is 10.1. The van der Waals surface area contributed by atoms with E-state index in [0.717, 1.165) is 11.1 Å². The summed E-state index contributed by atoms with van der Waals surface area (Å²) in [5, 5.41) is 1.15. The van der Waals surface area contributed by atoms with Crippen molar-refractivity contribution in [3.8, 4) is 5.75 Å². The molecule has 0 aromatic heterocycles. The molecule has 3 atom stereocenters. The third-order valence-electron chi connectivity index (χ3n) is 7.00. The quantitative estimate of drug-likeness (QED) is 0.390. The molecule has 0 radical (unpaired) electrons. The molecular formula is C26H34Cl2N4O5S. The number of amides is 1. The molecule has 208 valence electrons. The summed E-state index contributed by atoms with van der Waals surface area (Å²) in [6.07, 6.45) is 0.781. The van der Waals surface area contributed by atoms with Crippen LogP contribution in [-0.4, -0.2) is 83.2 Å². The van der Waals surface area contributed by atoms with Crippen molar-refractivity contribution in [1.29, 1.82) is 0 Å². The summed E-state index contributed by atoms with van der Waals surface area (Å²) in [5.74, 6) is 0.305. The van der Waals surface area contributed by atoms with Gasteiger partial charge in [-0.1, -0.05) is 23.2 Å². The maximum atomic E-state index is 13.1. The number of halogens is 2. The maximum Gasteiger partial charge on any atom is 0.241 e. The van der Waals surface area contributed by atoms with Crippen molar-refractivity contribution in [1.82, 2.24) is 14.5 Å². The van der Waals surface area contributed by atoms with E-state index in [4.69, 9.17) is 38.4 Å². The average Bonchev–Trinajstić information content (AvgIpc) is 3.38. The number of nitrogens with one attached hydrogen (secondary N) is 1. The molecular weight excluding hydrogens is 551 g/mol. The monoisotopic (exact) mass is 584 g/mol. The second-order valence-corrected chi connectivity index (χ2v) is 12.4. The van der Waals surface area contributed by atoms with Gasteiger partial charge in [0.2, 0.25) is 15.9 Å². The van der Waals surface area contributed by atoms with Gasteiger partial charge in [-0.3, -0.25) is 4.79 Å². The number of nitrogens with two attached hydrogens (primary N) is 1. The maximum absolute atomic E-state index is 13.1. The van der Waals surface area contributed by atoms with Gasteiger partial charge in [-0.2, -0.15) is 4.72 Å². The first-order valence-electron chi connectivity index (χ1n) is 12.5. The normalized spacial score (nSPS) is 21.4. The molecule has 0 saturated carbocycles. The Morgan fingerprint density at radius 2 is 1.95 bits per heavy atom. The minimum absolute atomic E-state index is 0.0301. The highest BCUT2D eigenvalue weighted by Gasteiger charge is 2.38. The van der Waals surface area contributed by atoms with E-state index in [1.54, 1.807) is 30.0 Å². The number of hydrogen-bond acceptors (Lipinski definition) is 7. The van der Waals surface area contributed by atoms with Crippen LogP contribution in [0.1, 0.15) is 29.2 Å². The van der Waals surface area contributed by atoms with Gasteiger partial charge in [-0.15, -0.1) is 0 Å². The molecule has 2 aliphatic rings. The number of carbonyl (C=O) groups is 1. The Hall–Kier alpha value is -1.92. The number of benzene rings is 2. The summed E-state index contributed by atoms with van der Waals surface area (Å²) in [4.78, 5) is 16.5. The number of likely N-dealkylation sites (N-methyl/N-ethyl adjacent to an activating group) is 1. The molecule has 38 heavy (non-hydrogen) atoms. The Morgan fingerprint density at radius 3 is 2.63 bits per heavy atom. The molecule has 0 unspecified atom stereocenters. The minimum atomic E-state index is -3.92. The van der Waals surface area contributed by atoms with Crippen molar-refractivity contribution in [2.75, 3.05) is 46.9 Å². The number of rotatable bonds is 11. The van der Waals surface area contributed by atoms with Crippen LogP contribution in [0, 0.1) is 6.92 Å². The van der Waals surface area contributed by atoms with Crippen LogP contribution >= 0.6 is 23.2 Å². The van der Waals surface area contributed by atoms with Crippen LogP contribution in [0.15, 0.2) is 35.2 Å². The van der Waals surface area contributed by atoms with E-state index >= 15 is 0 Å². The van der Waals surface area contributed by atoms with E-state index < -0.39 is 16.1 Å². The zero-order chi connectivity index (χ0) is 27.6. The van der Waals surface area contributed by atoms with Crippen LogP contribution in [-0.2, 0) is 26.0 Å². The van der Waals surface area contributed by atoms with E-state index in [-0.39, 0.29) is 22.9 Å². The van der Waals surface area contributed by atoms with Crippen molar-refractivity contribution >= 4 is 39.1 Å². The molecule has 1 saturated heterocycles. The van der Waals surface area contributed by atoms with E-state index in [1.807, 2.05) is 20.2 Å². The molecule has 0 bridgehead atoms. The zero-order valence-electron chi connectivity index (χ0n) is 21.7. The van der Waals surface area contributed by atoms with E-state index in [9.17, 15) is 13.2 Å². The molecule has 2 aromatic carbocycles. The lowest BCUT2D eigenvalue weighted by molar-refractivity contribution is -0.129. The molecule has 0 spiro atoms. The first kappa shape index (κ1) is 29.1. The molecule has 4 rings (SSSR count). The van der Waals surface area contributed by atoms with Gasteiger partial charge in [0.1, 0.15) is 17.9 Å². The van der Waals surface area contributed by atoms with Crippen LogP contribution in [0.25, 0.3) is 0 Å². The zero-order valence-corrected chi connectivity index (χ0v) is 24.1. The SMILES string of the molecule is Cc1cc(S(=O)(=O)N[C@H]2CCN(CCOCCN)C2=O)ccc1O[C@H]1c2cc(Cl)cc(Cl)c2C[C@@H]1N(C)C. The lowest BCUT2D eigenvalue weighted by Gasteiger charge is -2.28. The third-order valence-corrected chi connectivity index (χ3v) is 9.03. The second-order valence-electron chi connectivity index (χ2n) is 9.85. The highest BCUT2D eigenvalue weighted by Crippen LogP contribution is 2.42. The van der Waals surface area contributed by atoms with Crippen molar-refractivity contribution in [3.63, 3.8) is 0 Å². The Labute approximate surface area is 234 Å². The van der Waals surface area contributed by atoms with Crippen LogP contribution in [0.2, 0.25) is 10.0 Å². The molecule has 1 amide bonds. The molecule has 9 nitrogen and oxygen atoms in total. The standard InChI is InChI=1S/C26H34Cl2N4O5S/c1-16-12-18(38(34,35)30-22-6-8-32(26(22)33)9-11-36-10-7-29)4-5-24(16)37-25-20-13-17(27)14-21(28)19(20)15-23(25)31(2)3/h4-5,12-14,22-23,25,30H,6-11,15,29H2,1-3H3/t22-,23-,25-/m0/s1. The van der Waals surface area contributed by atoms with Crippen LogP contribution in [0.3, 0.4) is 0 Å². The highest BCUT2D eigenvalue weighted by atomic mass is 35.5. The average molecular weight is 586 g/mol. The van der Waals surface area contributed by atoms with Crippen LogP contribution in [0.5, 0.6) is 5.75 Å². The lowest BCUT2D eigenvalue weighted by Crippen LogP contribution is -2.42. The van der Waals surface area contributed by atoms with Crippen molar-refractivity contribution in [2.45, 2.75) is 42.8 Å². The van der Waals surface area contributed by atoms with Crippen molar-refractivity contribution in [3.05, 3.63) is 57.1 Å². The van der Waals surface area contributed by atoms with Gasteiger partial charge >= 0.3 is 0 Å². The Bertz CT molecular complexity index is 1290. The molecule has 3 N–H and O–H groups in total. The van der Waals surface area contributed by atoms with Crippen LogP contribution in [0.4, 0.5) is 0 Å². The van der Waals surface area contributed by atoms with Gasteiger partial charge < -0.3 is 25.0 Å². The number of ether oxygens (including phenoxy) is 2. The molecule has 2 aromatic rings. The Balaban J connectivity index is 1.47. The summed E-state index contributed by atoms with van der Waals surface area (Å²) in [6, 6.07) is 7.53. The summed E-state index contributed by atoms with van der Waals surface area (Å²) >= 11 is 12.8. The van der Waals surface area contributed by atoms with Gasteiger partial charge in [-0.05, 0) is 75.3 Å². The largest absolute Gasteiger partial charge is 0.484 e. The third kappa shape index (κ3) is 6.28. The molecule has 1 aliphatic heterocycles. The fourth-order valence-electron chi connectivity index (χ4n) is 4.96. The first-order chi connectivity index (χ1) is 18.0. The first-order valence-corrected chi connectivity index (χ1v) is 14.8. The Morgan fingerprint density at radius 1 is 1.18 bits per heavy atom.